The molecule has 0 radical (unpaired) electrons. The van der Waals surface area contributed by atoms with E-state index in [2.05, 4.69) is 9.88 Å². The lowest BCUT2D eigenvalue weighted by molar-refractivity contribution is 0.0627. The van der Waals surface area contributed by atoms with Crippen molar-refractivity contribution in [1.29, 1.82) is 0 Å². The van der Waals surface area contributed by atoms with Crippen LogP contribution in [-0.4, -0.2) is 51.3 Å². The van der Waals surface area contributed by atoms with Gasteiger partial charge in [0.2, 0.25) is 0 Å². The van der Waals surface area contributed by atoms with Crippen LogP contribution in [0.2, 0.25) is 0 Å². The number of carbonyl (C=O) groups is 1. The summed E-state index contributed by atoms with van der Waals surface area (Å²) in [6.07, 6.45) is 1.73. The number of halogens is 1. The summed E-state index contributed by atoms with van der Waals surface area (Å²) in [5.74, 6) is 0.757. The minimum Gasteiger partial charge on any atom is -0.457 e. The van der Waals surface area contributed by atoms with Crippen LogP contribution in [0.1, 0.15) is 16.1 Å². The Hall–Kier alpha value is -3.56. The highest BCUT2D eigenvalue weighted by atomic mass is 32.1. The van der Waals surface area contributed by atoms with Crippen molar-refractivity contribution < 1.29 is 13.9 Å². The molecule has 1 aliphatic rings. The number of ether oxygens (including phenoxy) is 1. The third-order valence-electron chi connectivity index (χ3n) is 5.55. The predicted molar refractivity (Wildman–Crippen MR) is 123 cm³/mol. The minimum absolute atomic E-state index is 0.0284. The Balaban J connectivity index is 1.17. The van der Waals surface area contributed by atoms with Crippen molar-refractivity contribution in [3.63, 3.8) is 0 Å². The molecule has 1 saturated heterocycles. The first-order chi connectivity index (χ1) is 16.0. The van der Waals surface area contributed by atoms with Crippen LogP contribution in [0.25, 0.3) is 4.96 Å². The van der Waals surface area contributed by atoms with Gasteiger partial charge >= 0.3 is 0 Å². The Morgan fingerprint density at radius 2 is 1.67 bits per heavy atom. The average molecular weight is 465 g/mol. The maximum absolute atomic E-state index is 13.0. The molecule has 0 bridgehead atoms. The number of amides is 1. The lowest BCUT2D eigenvalue weighted by Crippen LogP contribution is -2.48. The van der Waals surface area contributed by atoms with Crippen LogP contribution in [0.4, 0.5) is 4.39 Å². The number of nitrogens with zero attached hydrogens (tertiary/aromatic N) is 4. The van der Waals surface area contributed by atoms with Crippen LogP contribution in [0.5, 0.6) is 11.5 Å². The zero-order valence-electron chi connectivity index (χ0n) is 17.7. The van der Waals surface area contributed by atoms with Crippen LogP contribution in [-0.2, 0) is 6.54 Å². The smallest absolute Gasteiger partial charge is 0.258 e. The molecule has 0 atom stereocenters. The molecule has 7 nitrogen and oxygen atoms in total. The lowest BCUT2D eigenvalue weighted by atomic mass is 10.1. The van der Waals surface area contributed by atoms with Gasteiger partial charge in [0.1, 0.15) is 17.3 Å². The van der Waals surface area contributed by atoms with Gasteiger partial charge in [-0.15, -0.1) is 11.3 Å². The van der Waals surface area contributed by atoms with E-state index >= 15 is 0 Å². The van der Waals surface area contributed by atoms with Crippen molar-refractivity contribution in [2.75, 3.05) is 26.2 Å². The number of hydrogen-bond donors (Lipinski definition) is 0. The SMILES string of the molecule is O=C(c1ccc(Oc2ccc(F)cc2)cc1)N1CCN(Cc2cc(=O)n3ccsc3n2)CC1. The molecule has 0 aliphatic carbocycles. The van der Waals surface area contributed by atoms with E-state index in [9.17, 15) is 14.0 Å². The van der Waals surface area contributed by atoms with Crippen molar-refractivity contribution >= 4 is 22.2 Å². The van der Waals surface area contributed by atoms with Gasteiger partial charge in [-0.25, -0.2) is 9.37 Å². The second-order valence-electron chi connectivity index (χ2n) is 7.79. The summed E-state index contributed by atoms with van der Waals surface area (Å²) >= 11 is 1.44. The molecule has 33 heavy (non-hydrogen) atoms. The van der Waals surface area contributed by atoms with Gasteiger partial charge < -0.3 is 9.64 Å². The van der Waals surface area contributed by atoms with E-state index in [0.29, 0.717) is 54.7 Å². The largest absolute Gasteiger partial charge is 0.457 e. The molecule has 1 amide bonds. The molecule has 5 rings (SSSR count). The number of piperazine rings is 1. The van der Waals surface area contributed by atoms with E-state index in [1.165, 1.54) is 23.5 Å². The quantitative estimate of drug-likeness (QED) is 0.451. The van der Waals surface area contributed by atoms with Crippen molar-refractivity contribution in [3.8, 4) is 11.5 Å². The molecule has 0 spiro atoms. The van der Waals surface area contributed by atoms with Crippen LogP contribution >= 0.6 is 11.3 Å². The van der Waals surface area contributed by atoms with Crippen LogP contribution < -0.4 is 10.3 Å². The third-order valence-corrected chi connectivity index (χ3v) is 6.31. The van der Waals surface area contributed by atoms with Gasteiger partial charge in [-0.3, -0.25) is 18.9 Å². The summed E-state index contributed by atoms with van der Waals surface area (Å²) < 4.78 is 20.3. The van der Waals surface area contributed by atoms with E-state index in [4.69, 9.17) is 4.74 Å². The Labute approximate surface area is 193 Å². The average Bonchev–Trinajstić information content (AvgIpc) is 3.31. The molecule has 1 fully saturated rings. The highest BCUT2D eigenvalue weighted by molar-refractivity contribution is 7.15. The molecule has 0 saturated carbocycles. The molecule has 0 unspecified atom stereocenters. The first-order valence-corrected chi connectivity index (χ1v) is 11.4. The van der Waals surface area contributed by atoms with E-state index in [-0.39, 0.29) is 17.3 Å². The van der Waals surface area contributed by atoms with Gasteiger partial charge in [0.05, 0.1) is 5.69 Å². The van der Waals surface area contributed by atoms with Gasteiger partial charge in [0.25, 0.3) is 11.5 Å². The molecule has 1 aliphatic heterocycles. The highest BCUT2D eigenvalue weighted by Crippen LogP contribution is 2.22. The molecular formula is C24H21FN4O3S. The standard InChI is InChI=1S/C24H21FN4O3S/c25-18-3-7-21(8-4-18)32-20-5-1-17(2-6-20)23(31)28-11-9-27(10-12-28)16-19-15-22(30)29-13-14-33-24(29)26-19/h1-8,13-15H,9-12,16H2. The number of rotatable bonds is 5. The molecule has 0 N–H and O–H groups in total. The minimum atomic E-state index is -0.322. The summed E-state index contributed by atoms with van der Waals surface area (Å²) in [5.41, 5.74) is 1.27. The van der Waals surface area contributed by atoms with Crippen molar-refractivity contribution in [2.45, 2.75) is 6.54 Å². The van der Waals surface area contributed by atoms with Crippen LogP contribution in [0.15, 0.2) is 71.0 Å². The summed E-state index contributed by atoms with van der Waals surface area (Å²) in [5, 5.41) is 1.85. The molecule has 2 aromatic heterocycles. The molecule has 9 heteroatoms. The van der Waals surface area contributed by atoms with E-state index in [1.54, 1.807) is 53.1 Å². The summed E-state index contributed by atoms with van der Waals surface area (Å²) in [6.45, 7) is 3.22. The first-order valence-electron chi connectivity index (χ1n) is 10.6. The first kappa shape index (κ1) is 21.3. The topological polar surface area (TPSA) is 67.2 Å². The second-order valence-corrected chi connectivity index (χ2v) is 8.66. The van der Waals surface area contributed by atoms with Crippen LogP contribution in [0.3, 0.4) is 0 Å². The second kappa shape index (κ2) is 9.13. The monoisotopic (exact) mass is 464 g/mol. The Morgan fingerprint density at radius 1 is 1.00 bits per heavy atom. The van der Waals surface area contributed by atoms with Crippen molar-refractivity contribution in [2.24, 2.45) is 0 Å². The lowest BCUT2D eigenvalue weighted by Gasteiger charge is -2.34. The van der Waals surface area contributed by atoms with Gasteiger partial charge in [0, 0.05) is 55.9 Å². The Morgan fingerprint density at radius 3 is 2.36 bits per heavy atom. The highest BCUT2D eigenvalue weighted by Gasteiger charge is 2.22. The number of aromatic nitrogens is 2. The zero-order chi connectivity index (χ0) is 22.8. The number of hydrogen-bond acceptors (Lipinski definition) is 6. The molecule has 2 aromatic carbocycles. The van der Waals surface area contributed by atoms with Gasteiger partial charge in [-0.2, -0.15) is 0 Å². The van der Waals surface area contributed by atoms with E-state index < -0.39 is 0 Å². The number of thiazole rings is 1. The number of benzene rings is 2. The van der Waals surface area contributed by atoms with Gasteiger partial charge in [-0.05, 0) is 48.5 Å². The summed E-state index contributed by atoms with van der Waals surface area (Å²) in [7, 11) is 0. The van der Waals surface area contributed by atoms with Gasteiger partial charge in [-0.1, -0.05) is 0 Å². The fourth-order valence-electron chi connectivity index (χ4n) is 3.79. The fourth-order valence-corrected chi connectivity index (χ4v) is 4.53. The molecule has 3 heterocycles. The van der Waals surface area contributed by atoms with E-state index in [0.717, 1.165) is 5.69 Å². The van der Waals surface area contributed by atoms with Crippen molar-refractivity contribution in [3.05, 3.63) is 93.6 Å². The Kier molecular flexibility index (Phi) is 5.89. The summed E-state index contributed by atoms with van der Waals surface area (Å²) in [6, 6.07) is 14.3. The maximum atomic E-state index is 13.0. The zero-order valence-corrected chi connectivity index (χ0v) is 18.5. The third kappa shape index (κ3) is 4.79. The Bertz CT molecular complexity index is 1330. The molecule has 168 valence electrons. The van der Waals surface area contributed by atoms with E-state index in [1.807, 2.05) is 10.3 Å². The number of fused-ring (bicyclic) bond motifs is 1. The van der Waals surface area contributed by atoms with Gasteiger partial charge in [0.15, 0.2) is 4.96 Å². The normalized spacial score (nSPS) is 14.5. The maximum Gasteiger partial charge on any atom is 0.258 e. The van der Waals surface area contributed by atoms with Crippen LogP contribution in [0, 0.1) is 5.82 Å². The van der Waals surface area contributed by atoms with Crippen molar-refractivity contribution in [1.82, 2.24) is 19.2 Å². The predicted octanol–water partition coefficient (Wildman–Crippen LogP) is 3.65. The summed E-state index contributed by atoms with van der Waals surface area (Å²) in [4.78, 5) is 34.4. The molecule has 4 aromatic rings. The number of carbonyl (C=O) groups excluding carboxylic acids is 1. The molecular weight excluding hydrogens is 443 g/mol. The fraction of sp³-hybridized carbons (Fsp3) is 0.208.